The van der Waals surface area contributed by atoms with Crippen LogP contribution in [0.15, 0.2) is 18.2 Å². The van der Waals surface area contributed by atoms with Crippen molar-refractivity contribution in [1.82, 2.24) is 10.2 Å². The molecular formula is C25H35FN2O4. The number of nitrogens with one attached hydrogen (secondary N) is 1. The van der Waals surface area contributed by atoms with E-state index in [0.717, 1.165) is 26.0 Å². The van der Waals surface area contributed by atoms with E-state index in [0.29, 0.717) is 55.9 Å². The molecule has 2 saturated heterocycles. The number of methoxy groups -OCH3 is 1. The summed E-state index contributed by atoms with van der Waals surface area (Å²) >= 11 is 0. The van der Waals surface area contributed by atoms with Gasteiger partial charge >= 0.3 is 0 Å². The molecule has 1 aliphatic carbocycles. The maximum atomic E-state index is 14.5. The lowest BCUT2D eigenvalue weighted by Crippen LogP contribution is -2.46. The van der Waals surface area contributed by atoms with Gasteiger partial charge in [-0.15, -0.1) is 0 Å². The Morgan fingerprint density at radius 3 is 2.75 bits per heavy atom. The van der Waals surface area contributed by atoms with Crippen molar-refractivity contribution in [1.29, 1.82) is 0 Å². The Morgan fingerprint density at radius 2 is 2.12 bits per heavy atom. The van der Waals surface area contributed by atoms with Gasteiger partial charge in [0.1, 0.15) is 11.6 Å². The first-order valence-corrected chi connectivity index (χ1v) is 12.0. The SMILES string of the molecule is COc1ccc(F)c(CC2(CCC(=O)N(CC3CCC3)CC3CCCO3)CCC(=O)N2)c1. The molecule has 0 aromatic heterocycles. The van der Waals surface area contributed by atoms with E-state index in [9.17, 15) is 14.0 Å². The lowest BCUT2D eigenvalue weighted by Gasteiger charge is -2.35. The lowest BCUT2D eigenvalue weighted by atomic mass is 9.83. The zero-order valence-electron chi connectivity index (χ0n) is 19.0. The van der Waals surface area contributed by atoms with Crippen LogP contribution in [-0.4, -0.2) is 55.2 Å². The van der Waals surface area contributed by atoms with Gasteiger partial charge in [0.25, 0.3) is 0 Å². The summed E-state index contributed by atoms with van der Waals surface area (Å²) in [5.41, 5.74) is -0.101. The predicted molar refractivity (Wildman–Crippen MR) is 119 cm³/mol. The maximum Gasteiger partial charge on any atom is 0.222 e. The Kier molecular flexibility index (Phi) is 7.33. The van der Waals surface area contributed by atoms with Gasteiger partial charge in [-0.2, -0.15) is 0 Å². The van der Waals surface area contributed by atoms with Crippen LogP contribution < -0.4 is 10.1 Å². The summed E-state index contributed by atoms with van der Waals surface area (Å²) in [5.74, 6) is 0.930. The van der Waals surface area contributed by atoms with Crippen molar-refractivity contribution in [2.75, 3.05) is 26.8 Å². The third-order valence-electron chi connectivity index (χ3n) is 7.34. The van der Waals surface area contributed by atoms with Gasteiger partial charge in [0.2, 0.25) is 11.8 Å². The Labute approximate surface area is 189 Å². The second-order valence-corrected chi connectivity index (χ2v) is 9.69. The topological polar surface area (TPSA) is 67.9 Å². The van der Waals surface area contributed by atoms with Gasteiger partial charge in [0.15, 0.2) is 0 Å². The maximum absolute atomic E-state index is 14.5. The normalized spacial score (nSPS) is 25.4. The summed E-state index contributed by atoms with van der Waals surface area (Å²) in [6, 6.07) is 4.67. The summed E-state index contributed by atoms with van der Waals surface area (Å²) in [6.45, 7) is 2.22. The number of rotatable bonds is 10. The third-order valence-corrected chi connectivity index (χ3v) is 7.34. The minimum Gasteiger partial charge on any atom is -0.497 e. The highest BCUT2D eigenvalue weighted by atomic mass is 19.1. The number of nitrogens with zero attached hydrogens (tertiary/aromatic N) is 1. The Bertz CT molecular complexity index is 822. The summed E-state index contributed by atoms with van der Waals surface area (Å²) in [4.78, 5) is 27.4. The van der Waals surface area contributed by atoms with E-state index in [-0.39, 0.29) is 23.7 Å². The van der Waals surface area contributed by atoms with Gasteiger partial charge in [0.05, 0.1) is 13.2 Å². The van der Waals surface area contributed by atoms with Crippen molar-refractivity contribution in [3.05, 3.63) is 29.6 Å². The van der Waals surface area contributed by atoms with Crippen molar-refractivity contribution in [3.63, 3.8) is 0 Å². The molecular weight excluding hydrogens is 411 g/mol. The summed E-state index contributed by atoms with van der Waals surface area (Å²) < 4.78 is 25.5. The molecule has 0 spiro atoms. The first-order valence-electron chi connectivity index (χ1n) is 12.0. The fraction of sp³-hybridized carbons (Fsp3) is 0.680. The molecule has 2 heterocycles. The Balaban J connectivity index is 1.43. The number of hydrogen-bond acceptors (Lipinski definition) is 4. The van der Waals surface area contributed by atoms with Crippen LogP contribution in [0.25, 0.3) is 0 Å². The molecule has 1 saturated carbocycles. The summed E-state index contributed by atoms with van der Waals surface area (Å²) in [7, 11) is 1.55. The van der Waals surface area contributed by atoms with Crippen LogP contribution in [0.2, 0.25) is 0 Å². The average molecular weight is 447 g/mol. The Morgan fingerprint density at radius 1 is 1.28 bits per heavy atom. The molecule has 1 aromatic rings. The molecule has 4 rings (SSSR count). The fourth-order valence-electron chi connectivity index (χ4n) is 5.16. The van der Waals surface area contributed by atoms with Crippen molar-refractivity contribution in [2.24, 2.45) is 5.92 Å². The second kappa shape index (κ2) is 10.2. The highest BCUT2D eigenvalue weighted by Crippen LogP contribution is 2.33. The number of ether oxygens (including phenoxy) is 2. The van der Waals surface area contributed by atoms with Crippen molar-refractivity contribution >= 4 is 11.8 Å². The van der Waals surface area contributed by atoms with Gasteiger partial charge in [-0.05, 0) is 74.6 Å². The summed E-state index contributed by atoms with van der Waals surface area (Å²) in [6.07, 6.45) is 8.00. The monoisotopic (exact) mass is 446 g/mol. The second-order valence-electron chi connectivity index (χ2n) is 9.69. The van der Waals surface area contributed by atoms with Crippen molar-refractivity contribution in [2.45, 2.75) is 75.9 Å². The molecule has 7 heteroatoms. The lowest BCUT2D eigenvalue weighted by molar-refractivity contribution is -0.134. The molecule has 1 aromatic carbocycles. The molecule has 0 radical (unpaired) electrons. The van der Waals surface area contributed by atoms with Crippen LogP contribution in [0.4, 0.5) is 4.39 Å². The van der Waals surface area contributed by atoms with Gasteiger partial charge in [-0.3, -0.25) is 9.59 Å². The molecule has 2 aliphatic heterocycles. The minimum atomic E-state index is -0.605. The first kappa shape index (κ1) is 23.0. The van der Waals surface area contributed by atoms with Gasteiger partial charge in [-0.25, -0.2) is 4.39 Å². The fourth-order valence-corrected chi connectivity index (χ4v) is 5.16. The number of halogens is 1. The van der Waals surface area contributed by atoms with E-state index in [4.69, 9.17) is 9.47 Å². The molecule has 2 atom stereocenters. The van der Waals surface area contributed by atoms with E-state index in [1.807, 2.05) is 4.90 Å². The highest BCUT2D eigenvalue weighted by molar-refractivity contribution is 5.80. The quantitative estimate of drug-likeness (QED) is 0.596. The first-order chi connectivity index (χ1) is 15.5. The van der Waals surface area contributed by atoms with Gasteiger partial charge in [-0.1, -0.05) is 6.42 Å². The van der Waals surface area contributed by atoms with Crippen LogP contribution in [0.1, 0.15) is 63.4 Å². The Hall–Kier alpha value is -2.15. The number of hydrogen-bond donors (Lipinski definition) is 1. The molecule has 1 N–H and O–H groups in total. The predicted octanol–water partition coefficient (Wildman–Crippen LogP) is 3.61. The molecule has 6 nitrogen and oxygen atoms in total. The number of benzene rings is 1. The number of carbonyl (C=O) groups is 2. The molecule has 3 fully saturated rings. The molecule has 0 bridgehead atoms. The zero-order valence-corrected chi connectivity index (χ0v) is 19.0. The molecule has 176 valence electrons. The number of carbonyl (C=O) groups excluding carboxylic acids is 2. The van der Waals surface area contributed by atoms with Crippen LogP contribution in [0.5, 0.6) is 5.75 Å². The van der Waals surface area contributed by atoms with Crippen LogP contribution in [0.3, 0.4) is 0 Å². The average Bonchev–Trinajstić information content (AvgIpc) is 3.39. The smallest absolute Gasteiger partial charge is 0.222 e. The van der Waals surface area contributed by atoms with E-state index in [1.165, 1.54) is 25.3 Å². The van der Waals surface area contributed by atoms with E-state index in [1.54, 1.807) is 19.2 Å². The number of amides is 2. The highest BCUT2D eigenvalue weighted by Gasteiger charge is 2.39. The van der Waals surface area contributed by atoms with E-state index in [2.05, 4.69) is 5.32 Å². The van der Waals surface area contributed by atoms with Crippen LogP contribution >= 0.6 is 0 Å². The molecule has 32 heavy (non-hydrogen) atoms. The van der Waals surface area contributed by atoms with E-state index >= 15 is 0 Å². The largest absolute Gasteiger partial charge is 0.497 e. The van der Waals surface area contributed by atoms with Crippen LogP contribution in [0, 0.1) is 11.7 Å². The van der Waals surface area contributed by atoms with Gasteiger partial charge in [0, 0.05) is 38.1 Å². The molecule has 2 amide bonds. The zero-order chi connectivity index (χ0) is 22.6. The minimum absolute atomic E-state index is 0.0357. The molecule has 3 aliphatic rings. The summed E-state index contributed by atoms with van der Waals surface area (Å²) in [5, 5.41) is 3.07. The van der Waals surface area contributed by atoms with Gasteiger partial charge < -0.3 is 19.7 Å². The van der Waals surface area contributed by atoms with Crippen molar-refractivity contribution in [3.8, 4) is 5.75 Å². The standard InChI is InChI=1S/C25H35FN2O4/c1-31-20-7-8-22(26)19(14-20)15-25(11-9-23(29)27-25)12-10-24(30)28(16-18-4-2-5-18)17-21-6-3-13-32-21/h7-8,14,18,21H,2-6,9-13,15-17H2,1H3,(H,27,29). The van der Waals surface area contributed by atoms with E-state index < -0.39 is 5.54 Å². The van der Waals surface area contributed by atoms with Crippen molar-refractivity contribution < 1.29 is 23.5 Å². The van der Waals surface area contributed by atoms with Crippen LogP contribution in [-0.2, 0) is 20.7 Å². The third kappa shape index (κ3) is 5.61. The molecule has 2 unspecified atom stereocenters.